The van der Waals surface area contributed by atoms with E-state index in [0.29, 0.717) is 37.6 Å². The highest BCUT2D eigenvalue weighted by Gasteiger charge is 2.42. The molecule has 0 aliphatic carbocycles. The highest BCUT2D eigenvalue weighted by atomic mass is 32.2. The van der Waals surface area contributed by atoms with E-state index in [1.807, 2.05) is 11.8 Å². The van der Waals surface area contributed by atoms with Crippen LogP contribution in [0.5, 0.6) is 0 Å². The molecule has 0 aromatic rings. The summed E-state index contributed by atoms with van der Waals surface area (Å²) in [5.74, 6) is 2.34. The standard InChI is InChI=1S/C13H23N3O2S2/c14-11(19)13(1-7-18-8-2-13)12(17)15-3-4-16-5-9-20-10-6-16/h1-10H2,(H2,14,19)(H,15,17). The molecular formula is C13H23N3O2S2. The first-order valence-electron chi connectivity index (χ1n) is 7.11. The molecule has 2 aliphatic rings. The predicted molar refractivity (Wildman–Crippen MR) is 86.0 cm³/mol. The van der Waals surface area contributed by atoms with Gasteiger partial charge in [-0.2, -0.15) is 11.8 Å². The summed E-state index contributed by atoms with van der Waals surface area (Å²) in [7, 11) is 0. The van der Waals surface area contributed by atoms with Crippen LogP contribution >= 0.6 is 24.0 Å². The van der Waals surface area contributed by atoms with E-state index in [4.69, 9.17) is 22.7 Å². The van der Waals surface area contributed by atoms with E-state index in [0.717, 1.165) is 19.6 Å². The second-order valence-electron chi connectivity index (χ2n) is 5.27. The number of nitrogens with one attached hydrogen (secondary N) is 1. The minimum Gasteiger partial charge on any atom is -0.392 e. The molecule has 0 aromatic heterocycles. The lowest BCUT2D eigenvalue weighted by atomic mass is 9.79. The molecule has 2 aliphatic heterocycles. The summed E-state index contributed by atoms with van der Waals surface area (Å²) >= 11 is 7.12. The molecule has 2 fully saturated rings. The van der Waals surface area contributed by atoms with Gasteiger partial charge in [-0.3, -0.25) is 9.69 Å². The normalized spacial score (nSPS) is 23.2. The van der Waals surface area contributed by atoms with Crippen molar-refractivity contribution < 1.29 is 9.53 Å². The number of amides is 1. The van der Waals surface area contributed by atoms with Crippen LogP contribution in [0.15, 0.2) is 0 Å². The average molecular weight is 317 g/mol. The van der Waals surface area contributed by atoms with Gasteiger partial charge in [0.2, 0.25) is 5.91 Å². The highest BCUT2D eigenvalue weighted by molar-refractivity contribution is 7.99. The largest absolute Gasteiger partial charge is 0.392 e. The summed E-state index contributed by atoms with van der Waals surface area (Å²) in [4.78, 5) is 15.1. The van der Waals surface area contributed by atoms with Crippen LogP contribution in [-0.2, 0) is 9.53 Å². The number of carbonyl (C=O) groups excluding carboxylic acids is 1. The number of hydrogen-bond acceptors (Lipinski definition) is 5. The van der Waals surface area contributed by atoms with Gasteiger partial charge in [-0.1, -0.05) is 12.2 Å². The summed E-state index contributed by atoms with van der Waals surface area (Å²) < 4.78 is 5.32. The van der Waals surface area contributed by atoms with E-state index in [9.17, 15) is 4.79 Å². The fourth-order valence-corrected chi connectivity index (χ4v) is 3.90. The van der Waals surface area contributed by atoms with Crippen molar-refractivity contribution in [2.75, 3.05) is 50.9 Å². The van der Waals surface area contributed by atoms with Crippen LogP contribution < -0.4 is 11.1 Å². The zero-order valence-electron chi connectivity index (χ0n) is 11.7. The molecule has 0 spiro atoms. The Morgan fingerprint density at radius 1 is 1.35 bits per heavy atom. The van der Waals surface area contributed by atoms with E-state index in [1.165, 1.54) is 11.5 Å². The molecule has 0 unspecified atom stereocenters. The number of thioether (sulfide) groups is 1. The van der Waals surface area contributed by atoms with Gasteiger partial charge >= 0.3 is 0 Å². The quantitative estimate of drug-likeness (QED) is 0.708. The van der Waals surface area contributed by atoms with Crippen LogP contribution in [0, 0.1) is 5.41 Å². The van der Waals surface area contributed by atoms with Crippen molar-refractivity contribution in [3.05, 3.63) is 0 Å². The molecule has 5 nitrogen and oxygen atoms in total. The summed E-state index contributed by atoms with van der Waals surface area (Å²) in [5, 5.41) is 3.01. The predicted octanol–water partition coefficient (Wildman–Crippen LogP) is 0.234. The third kappa shape index (κ3) is 3.84. The fraction of sp³-hybridized carbons (Fsp3) is 0.846. The van der Waals surface area contributed by atoms with Gasteiger partial charge in [0.1, 0.15) is 5.41 Å². The molecular weight excluding hydrogens is 294 g/mol. The zero-order valence-corrected chi connectivity index (χ0v) is 13.4. The second kappa shape index (κ2) is 7.59. The summed E-state index contributed by atoms with van der Waals surface area (Å²) in [6, 6.07) is 0. The van der Waals surface area contributed by atoms with E-state index in [1.54, 1.807) is 0 Å². The van der Waals surface area contributed by atoms with Crippen molar-refractivity contribution >= 4 is 34.9 Å². The van der Waals surface area contributed by atoms with E-state index >= 15 is 0 Å². The maximum Gasteiger partial charge on any atom is 0.233 e. The molecule has 2 heterocycles. The third-order valence-corrected chi connectivity index (χ3v) is 5.40. The topological polar surface area (TPSA) is 67.6 Å². The first kappa shape index (κ1) is 16.0. The van der Waals surface area contributed by atoms with Crippen molar-refractivity contribution in [2.24, 2.45) is 11.1 Å². The molecule has 0 atom stereocenters. The van der Waals surface area contributed by atoms with Crippen molar-refractivity contribution in [1.29, 1.82) is 0 Å². The van der Waals surface area contributed by atoms with Crippen molar-refractivity contribution in [2.45, 2.75) is 12.8 Å². The molecule has 20 heavy (non-hydrogen) atoms. The Bertz CT molecular complexity index is 354. The Labute approximate surface area is 130 Å². The molecule has 3 N–H and O–H groups in total. The molecule has 0 saturated carbocycles. The molecule has 2 rings (SSSR count). The average Bonchev–Trinajstić information content (AvgIpc) is 2.48. The smallest absolute Gasteiger partial charge is 0.233 e. The van der Waals surface area contributed by atoms with E-state index < -0.39 is 5.41 Å². The Kier molecular flexibility index (Phi) is 6.07. The maximum atomic E-state index is 12.4. The molecule has 0 aromatic carbocycles. The van der Waals surface area contributed by atoms with Crippen LogP contribution in [-0.4, -0.2) is 66.7 Å². The SMILES string of the molecule is NC(=S)C1(C(=O)NCCN2CCSCC2)CCOCC1. The summed E-state index contributed by atoms with van der Waals surface area (Å²) in [6.07, 6.45) is 1.18. The summed E-state index contributed by atoms with van der Waals surface area (Å²) in [6.45, 7) is 4.87. The Morgan fingerprint density at radius 2 is 2.00 bits per heavy atom. The molecule has 7 heteroatoms. The zero-order chi connectivity index (χ0) is 14.4. The molecule has 2 saturated heterocycles. The Balaban J connectivity index is 1.81. The number of carbonyl (C=O) groups is 1. The van der Waals surface area contributed by atoms with Gasteiger partial charge < -0.3 is 15.8 Å². The minimum atomic E-state index is -0.703. The van der Waals surface area contributed by atoms with Gasteiger partial charge in [0.25, 0.3) is 0 Å². The van der Waals surface area contributed by atoms with Gasteiger partial charge in [0.05, 0.1) is 4.99 Å². The number of nitrogens with two attached hydrogens (primary N) is 1. The maximum absolute atomic E-state index is 12.4. The van der Waals surface area contributed by atoms with Gasteiger partial charge in [0.15, 0.2) is 0 Å². The minimum absolute atomic E-state index is 0.0281. The molecule has 0 radical (unpaired) electrons. The van der Waals surface area contributed by atoms with E-state index in [-0.39, 0.29) is 5.91 Å². The lowest BCUT2D eigenvalue weighted by Crippen LogP contribution is -2.53. The first-order valence-corrected chi connectivity index (χ1v) is 8.67. The molecule has 1 amide bonds. The van der Waals surface area contributed by atoms with Gasteiger partial charge in [-0.05, 0) is 12.8 Å². The van der Waals surface area contributed by atoms with Gasteiger partial charge in [-0.15, -0.1) is 0 Å². The molecule has 0 bridgehead atoms. The van der Waals surface area contributed by atoms with Crippen LogP contribution in [0.2, 0.25) is 0 Å². The lowest BCUT2D eigenvalue weighted by molar-refractivity contribution is -0.131. The number of rotatable bonds is 5. The van der Waals surface area contributed by atoms with Crippen LogP contribution in [0.1, 0.15) is 12.8 Å². The molecule has 114 valence electrons. The van der Waals surface area contributed by atoms with Crippen LogP contribution in [0.4, 0.5) is 0 Å². The third-order valence-electron chi connectivity index (χ3n) is 4.07. The second-order valence-corrected chi connectivity index (χ2v) is 6.93. The Hall–Kier alpha value is -0.370. The van der Waals surface area contributed by atoms with Crippen molar-refractivity contribution in [1.82, 2.24) is 10.2 Å². The van der Waals surface area contributed by atoms with Crippen molar-refractivity contribution in [3.63, 3.8) is 0 Å². The van der Waals surface area contributed by atoms with Gasteiger partial charge in [-0.25, -0.2) is 0 Å². The monoisotopic (exact) mass is 317 g/mol. The number of hydrogen-bond donors (Lipinski definition) is 2. The Morgan fingerprint density at radius 3 is 2.60 bits per heavy atom. The lowest BCUT2D eigenvalue weighted by Gasteiger charge is -2.35. The van der Waals surface area contributed by atoms with Crippen LogP contribution in [0.3, 0.4) is 0 Å². The number of ether oxygens (including phenoxy) is 1. The van der Waals surface area contributed by atoms with Crippen molar-refractivity contribution in [3.8, 4) is 0 Å². The van der Waals surface area contributed by atoms with E-state index in [2.05, 4.69) is 10.2 Å². The first-order chi connectivity index (χ1) is 9.65. The number of thiocarbonyl (C=S) groups is 1. The van der Waals surface area contributed by atoms with Gasteiger partial charge in [0, 0.05) is 50.9 Å². The number of nitrogens with zero attached hydrogens (tertiary/aromatic N) is 1. The highest BCUT2D eigenvalue weighted by Crippen LogP contribution is 2.31. The van der Waals surface area contributed by atoms with Crippen LogP contribution in [0.25, 0.3) is 0 Å². The summed E-state index contributed by atoms with van der Waals surface area (Å²) in [5.41, 5.74) is 5.12. The fourth-order valence-electron chi connectivity index (χ4n) is 2.63.